The van der Waals surface area contributed by atoms with Crippen molar-refractivity contribution >= 4 is 27.6 Å². The molecule has 0 saturated carbocycles. The van der Waals surface area contributed by atoms with Crippen LogP contribution in [0.5, 0.6) is 0 Å². The molecule has 1 unspecified atom stereocenters. The Labute approximate surface area is 164 Å². The van der Waals surface area contributed by atoms with Gasteiger partial charge in [0.2, 0.25) is 0 Å². The standard InChI is InChI=1S/C20H22N2O5S/c1-14-8-10-17(11-9-14)28(25,26)22-16(13-27-15(2)23)12-21(3)20(24)18-6-4-5-7-19(18)22/h4-11,16H,12-13H2,1-3H3. The van der Waals surface area contributed by atoms with Crippen LogP contribution in [0, 0.1) is 6.92 Å². The summed E-state index contributed by atoms with van der Waals surface area (Å²) >= 11 is 0. The highest BCUT2D eigenvalue weighted by Gasteiger charge is 2.39. The molecule has 28 heavy (non-hydrogen) atoms. The summed E-state index contributed by atoms with van der Waals surface area (Å²) in [6.07, 6.45) is 0. The number of esters is 1. The highest BCUT2D eigenvalue weighted by Crippen LogP contribution is 2.33. The molecule has 1 atom stereocenters. The van der Waals surface area contributed by atoms with E-state index in [-0.39, 0.29) is 35.2 Å². The highest BCUT2D eigenvalue weighted by atomic mass is 32.2. The molecule has 1 heterocycles. The number of sulfonamides is 1. The van der Waals surface area contributed by atoms with Gasteiger partial charge in [0.15, 0.2) is 0 Å². The number of fused-ring (bicyclic) bond motifs is 1. The zero-order valence-electron chi connectivity index (χ0n) is 16.0. The number of rotatable bonds is 4. The largest absolute Gasteiger partial charge is 0.464 e. The zero-order chi connectivity index (χ0) is 20.5. The smallest absolute Gasteiger partial charge is 0.302 e. The first-order chi connectivity index (χ1) is 13.2. The lowest BCUT2D eigenvalue weighted by molar-refractivity contribution is -0.141. The fourth-order valence-electron chi connectivity index (χ4n) is 3.21. The number of ether oxygens (including phenoxy) is 1. The lowest BCUT2D eigenvalue weighted by Gasteiger charge is -2.32. The van der Waals surface area contributed by atoms with Gasteiger partial charge in [-0.1, -0.05) is 29.8 Å². The van der Waals surface area contributed by atoms with Crippen molar-refractivity contribution < 1.29 is 22.7 Å². The Kier molecular flexibility index (Phi) is 5.42. The van der Waals surface area contributed by atoms with Crippen LogP contribution in [0.3, 0.4) is 0 Å². The van der Waals surface area contributed by atoms with Crippen molar-refractivity contribution in [2.45, 2.75) is 24.8 Å². The minimum absolute atomic E-state index is 0.0892. The topological polar surface area (TPSA) is 84.0 Å². The Bertz CT molecular complexity index is 1000. The number of carbonyl (C=O) groups is 2. The number of benzene rings is 2. The van der Waals surface area contributed by atoms with Gasteiger partial charge in [-0.25, -0.2) is 8.42 Å². The molecule has 3 rings (SSSR count). The number of carbonyl (C=O) groups excluding carboxylic acids is 2. The second kappa shape index (κ2) is 7.63. The van der Waals surface area contributed by atoms with Crippen molar-refractivity contribution in [3.05, 3.63) is 59.7 Å². The number of hydrogen-bond donors (Lipinski definition) is 0. The van der Waals surface area contributed by atoms with Gasteiger partial charge in [-0.3, -0.25) is 13.9 Å². The third kappa shape index (κ3) is 3.73. The maximum absolute atomic E-state index is 13.5. The Morgan fingerprint density at radius 3 is 2.43 bits per heavy atom. The normalized spacial score (nSPS) is 17.1. The van der Waals surface area contributed by atoms with E-state index in [1.165, 1.54) is 28.3 Å². The van der Waals surface area contributed by atoms with Crippen LogP contribution in [-0.4, -0.2) is 51.4 Å². The summed E-state index contributed by atoms with van der Waals surface area (Å²) in [6, 6.07) is 12.3. The summed E-state index contributed by atoms with van der Waals surface area (Å²) in [5.41, 5.74) is 1.49. The Hall–Kier alpha value is -2.87. The first-order valence-electron chi connectivity index (χ1n) is 8.81. The third-order valence-corrected chi connectivity index (χ3v) is 6.47. The highest BCUT2D eigenvalue weighted by molar-refractivity contribution is 7.92. The van der Waals surface area contributed by atoms with Crippen LogP contribution in [0.2, 0.25) is 0 Å². The minimum atomic E-state index is -4.00. The number of aryl methyl sites for hydroxylation is 1. The summed E-state index contributed by atoms with van der Waals surface area (Å²) in [4.78, 5) is 25.7. The molecule has 0 spiro atoms. The van der Waals surface area contributed by atoms with E-state index in [9.17, 15) is 18.0 Å². The van der Waals surface area contributed by atoms with E-state index < -0.39 is 22.0 Å². The third-order valence-electron chi connectivity index (χ3n) is 4.59. The summed E-state index contributed by atoms with van der Waals surface area (Å²) < 4.78 is 33.4. The quantitative estimate of drug-likeness (QED) is 0.732. The molecule has 1 amide bonds. The molecule has 0 bridgehead atoms. The SMILES string of the molecule is CC(=O)OCC1CN(C)C(=O)c2ccccc2N1S(=O)(=O)c1ccc(C)cc1. The Morgan fingerprint density at radius 2 is 1.79 bits per heavy atom. The molecule has 0 saturated heterocycles. The summed E-state index contributed by atoms with van der Waals surface area (Å²) in [7, 11) is -2.40. The van der Waals surface area contributed by atoms with Gasteiger partial charge in [0.25, 0.3) is 15.9 Å². The summed E-state index contributed by atoms with van der Waals surface area (Å²) in [6.45, 7) is 3.06. The van der Waals surface area contributed by atoms with Crippen LogP contribution in [0.1, 0.15) is 22.8 Å². The van der Waals surface area contributed by atoms with Crippen LogP contribution in [-0.2, 0) is 19.6 Å². The van der Waals surface area contributed by atoms with E-state index in [2.05, 4.69) is 0 Å². The number of amides is 1. The van der Waals surface area contributed by atoms with Crippen LogP contribution in [0.15, 0.2) is 53.4 Å². The fourth-order valence-corrected chi connectivity index (χ4v) is 4.85. The molecule has 0 aliphatic carbocycles. The predicted octanol–water partition coefficient (Wildman–Crippen LogP) is 2.21. The molecular formula is C20H22N2O5S. The van der Waals surface area contributed by atoms with Gasteiger partial charge in [-0.2, -0.15) is 0 Å². The van der Waals surface area contributed by atoms with Crippen molar-refractivity contribution in [3.8, 4) is 0 Å². The number of anilines is 1. The molecule has 8 heteroatoms. The van der Waals surface area contributed by atoms with Gasteiger partial charge in [-0.05, 0) is 31.2 Å². The lowest BCUT2D eigenvalue weighted by Crippen LogP contribution is -2.48. The van der Waals surface area contributed by atoms with Crippen molar-refractivity contribution in [1.29, 1.82) is 0 Å². The van der Waals surface area contributed by atoms with Crippen LogP contribution >= 0.6 is 0 Å². The molecule has 1 aliphatic rings. The van der Waals surface area contributed by atoms with E-state index in [0.717, 1.165) is 5.56 Å². The monoisotopic (exact) mass is 402 g/mol. The molecule has 148 valence electrons. The van der Waals surface area contributed by atoms with Crippen LogP contribution in [0.4, 0.5) is 5.69 Å². The summed E-state index contributed by atoms with van der Waals surface area (Å²) in [5.74, 6) is -0.802. The molecule has 0 fully saturated rings. The number of likely N-dealkylation sites (N-methyl/N-ethyl adjacent to an activating group) is 1. The van der Waals surface area contributed by atoms with Crippen molar-refractivity contribution in [1.82, 2.24) is 4.90 Å². The van der Waals surface area contributed by atoms with E-state index in [1.807, 2.05) is 6.92 Å². The number of hydrogen-bond acceptors (Lipinski definition) is 5. The fraction of sp³-hybridized carbons (Fsp3) is 0.300. The van der Waals surface area contributed by atoms with E-state index in [4.69, 9.17) is 4.74 Å². The molecule has 2 aromatic carbocycles. The zero-order valence-corrected chi connectivity index (χ0v) is 16.8. The van der Waals surface area contributed by atoms with Crippen LogP contribution in [0.25, 0.3) is 0 Å². The van der Waals surface area contributed by atoms with Crippen molar-refractivity contribution in [2.24, 2.45) is 0 Å². The maximum atomic E-state index is 13.5. The Morgan fingerprint density at radius 1 is 1.14 bits per heavy atom. The molecule has 0 aromatic heterocycles. The van der Waals surface area contributed by atoms with E-state index in [0.29, 0.717) is 0 Å². The van der Waals surface area contributed by atoms with E-state index >= 15 is 0 Å². The maximum Gasteiger partial charge on any atom is 0.302 e. The Balaban J connectivity index is 2.18. The second-order valence-electron chi connectivity index (χ2n) is 6.77. The summed E-state index contributed by atoms with van der Waals surface area (Å²) in [5, 5.41) is 0. The van der Waals surface area contributed by atoms with Gasteiger partial charge >= 0.3 is 5.97 Å². The molecule has 2 aromatic rings. The first-order valence-corrected chi connectivity index (χ1v) is 10.2. The number of para-hydroxylation sites is 1. The molecular weight excluding hydrogens is 380 g/mol. The lowest BCUT2D eigenvalue weighted by atomic mass is 10.1. The minimum Gasteiger partial charge on any atom is -0.464 e. The second-order valence-corrected chi connectivity index (χ2v) is 8.59. The predicted molar refractivity (Wildman–Crippen MR) is 105 cm³/mol. The number of nitrogens with zero attached hydrogens (tertiary/aromatic N) is 2. The van der Waals surface area contributed by atoms with Gasteiger partial charge in [0.05, 0.1) is 22.2 Å². The van der Waals surface area contributed by atoms with Crippen LogP contribution < -0.4 is 4.31 Å². The van der Waals surface area contributed by atoms with Crippen molar-refractivity contribution in [3.63, 3.8) is 0 Å². The average molecular weight is 402 g/mol. The molecule has 0 N–H and O–H groups in total. The van der Waals surface area contributed by atoms with Gasteiger partial charge in [0.1, 0.15) is 6.61 Å². The van der Waals surface area contributed by atoms with Crippen molar-refractivity contribution in [2.75, 3.05) is 24.5 Å². The molecule has 7 nitrogen and oxygen atoms in total. The molecule has 1 aliphatic heterocycles. The van der Waals surface area contributed by atoms with Gasteiger partial charge < -0.3 is 9.64 Å². The van der Waals surface area contributed by atoms with Gasteiger partial charge in [-0.15, -0.1) is 0 Å². The average Bonchev–Trinajstić information content (AvgIpc) is 2.76. The van der Waals surface area contributed by atoms with Gasteiger partial charge in [0, 0.05) is 20.5 Å². The first kappa shape index (κ1) is 19.9. The molecule has 0 radical (unpaired) electrons. The van der Waals surface area contributed by atoms with E-state index in [1.54, 1.807) is 43.4 Å².